The van der Waals surface area contributed by atoms with E-state index in [-0.39, 0.29) is 29.1 Å². The number of aliphatic hydroxyl groups is 16. The monoisotopic (exact) mass is 1440 g/mol. The van der Waals surface area contributed by atoms with Gasteiger partial charge in [0.2, 0.25) is 0 Å². The summed E-state index contributed by atoms with van der Waals surface area (Å²) in [4.78, 5) is 27.1. The first-order valence-corrected chi connectivity index (χ1v) is 34.8. The van der Waals surface area contributed by atoms with Crippen LogP contribution in [0.4, 0.5) is 0 Å². The fourth-order valence-electron chi connectivity index (χ4n) is 19.2. The second-order valence-corrected chi connectivity index (χ2v) is 30.8. The summed E-state index contributed by atoms with van der Waals surface area (Å²) in [5.74, 6) is -0.805. The quantitative estimate of drug-likeness (QED) is 0.0358. The van der Waals surface area contributed by atoms with Crippen LogP contribution in [-0.4, -0.2) is 330 Å². The van der Waals surface area contributed by atoms with Gasteiger partial charge < -0.3 is 153 Å². The molecule has 10 fully saturated rings. The van der Waals surface area contributed by atoms with Crippen molar-refractivity contribution < 1.29 is 162 Å². The van der Waals surface area contributed by atoms with Gasteiger partial charge in [-0.25, -0.2) is 0 Å². The number of cyclic esters (lactones) is 1. The zero-order chi connectivity index (χ0) is 72.8. The highest BCUT2D eigenvalue weighted by molar-refractivity contribution is 5.83. The Labute approximate surface area is 578 Å². The predicted octanol–water partition coefficient (Wildman–Crippen LogP) is -4.59. The van der Waals surface area contributed by atoms with E-state index in [4.69, 9.17) is 71.1 Å². The molecular weight excluding hydrogens is 1330 g/mol. The molecule has 16 N–H and O–H groups in total. The van der Waals surface area contributed by atoms with Gasteiger partial charge in [-0.05, 0) is 81.5 Å². The zero-order valence-electron chi connectivity index (χ0n) is 57.5. The SMILES string of the molecule is C=C(C)CC(C[C@]1(C)OC(=O)C23CCC4C(=CC[C@H]5C(C)(C)[C@@H](O[C@@H]6OC[C@@H](O[C@H]7O[C@H](CO)[C@@H](O)[C@H](O[C@@H]8O[C@H](CO)[C@@H](O)[C@H](O)[C@H]8O)[C@H]7O)[C@H](O)[C@H]6O[C@H]6O[C@H](CO)[C@@H](O[C@@H]7OC[C@@H](O)[C@H](O[C@@H]8O[C@H](CO)[C@@H](O)[C@H](OC)[C@H]8O)[C@H]7O)[C@H](O)[C@H]6O)CC[C@]45C)[C@]2(C)CC[C@@H]31)OC(C)=O. The molecule has 0 aromatic heterocycles. The highest BCUT2D eigenvalue weighted by atomic mass is 16.8. The lowest BCUT2D eigenvalue weighted by atomic mass is 9.41. The minimum absolute atomic E-state index is 0.0502. The van der Waals surface area contributed by atoms with Crippen molar-refractivity contribution in [2.75, 3.05) is 46.8 Å². The third-order valence-electron chi connectivity index (χ3n) is 24.4. The van der Waals surface area contributed by atoms with E-state index in [1.165, 1.54) is 19.6 Å². The average Bonchev–Trinajstić information content (AvgIpc) is 1.46. The first-order valence-electron chi connectivity index (χ1n) is 34.8. The van der Waals surface area contributed by atoms with E-state index < -0.39 is 252 Å². The van der Waals surface area contributed by atoms with Gasteiger partial charge in [-0.1, -0.05) is 44.9 Å². The smallest absolute Gasteiger partial charge is 0.313 e. The van der Waals surface area contributed by atoms with E-state index in [1.807, 2.05) is 13.8 Å². The number of methoxy groups -OCH3 is 1. The third kappa shape index (κ3) is 13.8. The number of hydrogen-bond donors (Lipinski definition) is 16. The van der Waals surface area contributed by atoms with Crippen LogP contribution in [0.2, 0.25) is 0 Å². The molecule has 3 saturated carbocycles. The van der Waals surface area contributed by atoms with Gasteiger partial charge in [0.1, 0.15) is 146 Å². The van der Waals surface area contributed by atoms with Gasteiger partial charge in [0.25, 0.3) is 0 Å². The van der Waals surface area contributed by atoms with Gasteiger partial charge in [0.15, 0.2) is 37.7 Å². The van der Waals surface area contributed by atoms with Crippen LogP contribution >= 0.6 is 0 Å². The van der Waals surface area contributed by atoms with Crippen LogP contribution in [0.1, 0.15) is 106 Å². The molecule has 33 heteroatoms. The molecule has 0 bridgehead atoms. The fourth-order valence-corrected chi connectivity index (χ4v) is 19.2. The van der Waals surface area contributed by atoms with Crippen LogP contribution in [0.3, 0.4) is 0 Å². The average molecular weight is 1440 g/mol. The molecule has 0 aromatic carbocycles. The van der Waals surface area contributed by atoms with Gasteiger partial charge >= 0.3 is 11.9 Å². The molecule has 4 aliphatic carbocycles. The maximum absolute atomic E-state index is 14.8. The molecule has 7 aliphatic heterocycles. The standard InChI is InChI=1S/C67H106O33/c1-26(2)18-28(89-27(3)72)19-66(8)38-13-16-65(7)30-10-11-37-63(4,5)39(14-15-64(37,6)29(30)12-17-67(38,65)62(85)100-66)95-61-55(43(77)36(25-88-61)94-59-50(84)54(42(76)34(22-70)91-59)98-57-46(80)44(78)40(74)32(20-68)90-57)99-58-47(81)45(79)52(35(23-71)93-58)97-56-48(82)51(31(73)24-87-56)96-60-49(83)53(86-9)41(75)33(21-69)92-60/h10,28-29,31-61,68-71,73-84H,1,11-25H2,2-9H3/t28?,29?,31-,32-,33-,34-,35-,36-,37+,38-,39+,40-,41-,42-,43+,44+,45-,46-,47-,48-,49-,50-,51+,52-,53+,54+,55-,56+,57+,58-,59-,60+,61+,64-,65+,66+,67?/m1/s1. The van der Waals surface area contributed by atoms with Crippen LogP contribution in [0.15, 0.2) is 23.8 Å². The Hall–Kier alpha value is -2.74. The number of ether oxygens (including phenoxy) is 15. The van der Waals surface area contributed by atoms with Crippen LogP contribution in [0.25, 0.3) is 0 Å². The Kier molecular flexibility index (Phi) is 23.9. The van der Waals surface area contributed by atoms with Crippen molar-refractivity contribution in [1.29, 1.82) is 0 Å². The first-order chi connectivity index (χ1) is 47.2. The molecular formula is C67H106O33. The Balaban J connectivity index is 0.834. The minimum atomic E-state index is -2.14. The fraction of sp³-hybridized carbons (Fsp3) is 0.910. The van der Waals surface area contributed by atoms with E-state index in [0.717, 1.165) is 18.4 Å². The molecule has 0 amide bonds. The lowest BCUT2D eigenvalue weighted by Gasteiger charge is -2.64. The highest BCUT2D eigenvalue weighted by Gasteiger charge is 2.77. The van der Waals surface area contributed by atoms with Gasteiger partial charge in [0, 0.05) is 38.2 Å². The van der Waals surface area contributed by atoms with E-state index in [9.17, 15) is 91.3 Å². The molecule has 1 spiro atoms. The van der Waals surface area contributed by atoms with Crippen LogP contribution in [0, 0.1) is 39.4 Å². The minimum Gasteiger partial charge on any atom is -0.462 e. The summed E-state index contributed by atoms with van der Waals surface area (Å²) in [6, 6.07) is 0. The number of aliphatic hydroxyl groups excluding tert-OH is 16. The molecule has 0 radical (unpaired) electrons. The number of rotatable bonds is 22. The summed E-state index contributed by atoms with van der Waals surface area (Å²) < 4.78 is 89.9. The third-order valence-corrected chi connectivity index (χ3v) is 24.4. The van der Waals surface area contributed by atoms with Crippen molar-refractivity contribution >= 4 is 11.9 Å². The molecule has 3 unspecified atom stereocenters. The van der Waals surface area contributed by atoms with Crippen molar-refractivity contribution in [3.8, 4) is 0 Å². The summed E-state index contributed by atoms with van der Waals surface area (Å²) in [7, 11) is 1.18. The number of carbonyl (C=O) groups excluding carboxylic acids is 2. The summed E-state index contributed by atoms with van der Waals surface area (Å²) >= 11 is 0. The van der Waals surface area contributed by atoms with Gasteiger partial charge in [-0.2, -0.15) is 0 Å². The number of hydrogen-bond acceptors (Lipinski definition) is 33. The van der Waals surface area contributed by atoms with Crippen LogP contribution in [-0.2, 0) is 80.6 Å². The number of allylic oxidation sites excluding steroid dienone is 2. The second kappa shape index (κ2) is 30.5. The normalized spacial score (nSPS) is 51.2. The summed E-state index contributed by atoms with van der Waals surface area (Å²) in [6.07, 6.45) is -43.3. The molecule has 100 heavy (non-hydrogen) atoms. The van der Waals surface area contributed by atoms with Crippen molar-refractivity contribution in [3.63, 3.8) is 0 Å². The Morgan fingerprint density at radius 1 is 0.550 bits per heavy atom. The van der Waals surface area contributed by atoms with Crippen molar-refractivity contribution in [3.05, 3.63) is 23.8 Å². The lowest BCUT2D eigenvalue weighted by Crippen LogP contribution is -2.67. The lowest BCUT2D eigenvalue weighted by molar-refractivity contribution is -0.396. The molecule has 572 valence electrons. The van der Waals surface area contributed by atoms with Crippen molar-refractivity contribution in [1.82, 2.24) is 0 Å². The van der Waals surface area contributed by atoms with Gasteiger partial charge in [-0.3, -0.25) is 9.59 Å². The summed E-state index contributed by atoms with van der Waals surface area (Å²) in [6.45, 7) is 13.3. The van der Waals surface area contributed by atoms with Gasteiger partial charge in [0.05, 0.1) is 51.2 Å². The molecule has 7 saturated heterocycles. The second-order valence-electron chi connectivity index (χ2n) is 30.8. The van der Waals surface area contributed by atoms with Crippen LogP contribution in [0.5, 0.6) is 0 Å². The summed E-state index contributed by atoms with van der Waals surface area (Å²) in [5, 5.41) is 177. The van der Waals surface area contributed by atoms with Crippen LogP contribution < -0.4 is 0 Å². The molecule has 7 heterocycles. The predicted molar refractivity (Wildman–Crippen MR) is 332 cm³/mol. The van der Waals surface area contributed by atoms with E-state index in [0.29, 0.717) is 44.9 Å². The first kappa shape index (κ1) is 78.3. The van der Waals surface area contributed by atoms with E-state index in [1.54, 1.807) is 0 Å². The number of fused-ring (bicyclic) bond motifs is 4. The van der Waals surface area contributed by atoms with Gasteiger partial charge in [-0.15, -0.1) is 6.58 Å². The van der Waals surface area contributed by atoms with E-state index in [2.05, 4.69) is 40.3 Å². The van der Waals surface area contributed by atoms with Crippen molar-refractivity contribution in [2.24, 2.45) is 39.4 Å². The maximum atomic E-state index is 14.8. The molecule has 11 rings (SSSR count). The maximum Gasteiger partial charge on any atom is 0.313 e. The Morgan fingerprint density at radius 3 is 1.71 bits per heavy atom. The summed E-state index contributed by atoms with van der Waals surface area (Å²) in [5.41, 5.74) is -1.22. The molecule has 11 aliphatic rings. The van der Waals surface area contributed by atoms with E-state index >= 15 is 0 Å². The molecule has 0 aromatic rings. The number of carbonyl (C=O) groups is 2. The molecule has 33 nitrogen and oxygen atoms in total. The van der Waals surface area contributed by atoms with Crippen molar-refractivity contribution in [2.45, 2.75) is 296 Å². The Morgan fingerprint density at radius 2 is 1.09 bits per heavy atom. The largest absolute Gasteiger partial charge is 0.462 e. The topological polar surface area (TPSA) is 496 Å². The highest BCUT2D eigenvalue weighted by Crippen LogP contribution is 2.76. The zero-order valence-corrected chi connectivity index (χ0v) is 57.5. The molecule has 37 atom stereocenters. The Bertz CT molecular complexity index is 2840. The number of esters is 2.